The highest BCUT2D eigenvalue weighted by Gasteiger charge is 2.34. The van der Waals surface area contributed by atoms with Crippen molar-refractivity contribution in [2.75, 3.05) is 5.32 Å². The van der Waals surface area contributed by atoms with Gasteiger partial charge in [-0.2, -0.15) is 13.2 Å². The standard InChI is InChI=1S/C18H14F3N5O3/c1-11(16(27)23-15-5-3-2-4-14(15)18(19,20)21)29-17(28)12-6-8-13(9-7-12)26-10-22-24-25-26/h2-11H,1H3,(H,23,27)/t11-/m0/s1. The van der Waals surface area contributed by atoms with Gasteiger partial charge >= 0.3 is 12.1 Å². The van der Waals surface area contributed by atoms with E-state index >= 15 is 0 Å². The number of aromatic nitrogens is 4. The fourth-order valence-electron chi connectivity index (χ4n) is 2.39. The molecule has 3 rings (SSSR count). The molecule has 0 spiro atoms. The predicted octanol–water partition coefficient (Wildman–Crippen LogP) is 2.87. The Morgan fingerprint density at radius 2 is 1.79 bits per heavy atom. The number of halogens is 3. The Morgan fingerprint density at radius 3 is 2.41 bits per heavy atom. The summed E-state index contributed by atoms with van der Waals surface area (Å²) in [5.41, 5.74) is -0.665. The summed E-state index contributed by atoms with van der Waals surface area (Å²) in [5, 5.41) is 12.8. The molecule has 150 valence electrons. The third-order valence-electron chi connectivity index (χ3n) is 3.86. The molecule has 1 N–H and O–H groups in total. The van der Waals surface area contributed by atoms with Crippen LogP contribution in [0.25, 0.3) is 5.69 Å². The molecular weight excluding hydrogens is 391 g/mol. The van der Waals surface area contributed by atoms with Crippen LogP contribution in [0.5, 0.6) is 0 Å². The molecule has 0 aliphatic carbocycles. The molecule has 1 heterocycles. The monoisotopic (exact) mass is 405 g/mol. The zero-order valence-electron chi connectivity index (χ0n) is 14.9. The number of carbonyl (C=O) groups is 2. The van der Waals surface area contributed by atoms with Crippen LogP contribution in [0.2, 0.25) is 0 Å². The molecule has 3 aromatic rings. The summed E-state index contributed by atoms with van der Waals surface area (Å²) in [7, 11) is 0. The molecule has 0 radical (unpaired) electrons. The summed E-state index contributed by atoms with van der Waals surface area (Å²) < 4.78 is 45.5. The fraction of sp³-hybridized carbons (Fsp3) is 0.167. The SMILES string of the molecule is C[C@H](OC(=O)c1ccc(-n2cnnn2)cc1)C(=O)Nc1ccccc1C(F)(F)F. The molecule has 0 aliphatic rings. The van der Waals surface area contributed by atoms with Crippen molar-refractivity contribution < 1.29 is 27.5 Å². The summed E-state index contributed by atoms with van der Waals surface area (Å²) in [6, 6.07) is 10.6. The number of para-hydroxylation sites is 1. The number of nitrogens with zero attached hydrogens (tertiary/aromatic N) is 4. The summed E-state index contributed by atoms with van der Waals surface area (Å²) in [6.07, 6.45) is -4.58. The zero-order chi connectivity index (χ0) is 21.0. The maximum absolute atomic E-state index is 13.0. The van der Waals surface area contributed by atoms with Crippen molar-refractivity contribution >= 4 is 17.6 Å². The van der Waals surface area contributed by atoms with Gasteiger partial charge in [-0.1, -0.05) is 12.1 Å². The van der Waals surface area contributed by atoms with Crippen molar-refractivity contribution in [3.05, 3.63) is 66.0 Å². The molecule has 0 saturated heterocycles. The van der Waals surface area contributed by atoms with E-state index in [0.29, 0.717) is 5.69 Å². The van der Waals surface area contributed by atoms with Crippen LogP contribution in [0.1, 0.15) is 22.8 Å². The second-order valence-corrected chi connectivity index (χ2v) is 5.88. The van der Waals surface area contributed by atoms with Gasteiger partial charge in [-0.05, 0) is 53.7 Å². The molecular formula is C18H14F3N5O3. The number of ether oxygens (including phenoxy) is 1. The van der Waals surface area contributed by atoms with Gasteiger partial charge in [0.25, 0.3) is 5.91 Å². The van der Waals surface area contributed by atoms with Crippen LogP contribution in [-0.4, -0.2) is 38.2 Å². The molecule has 1 aromatic heterocycles. The van der Waals surface area contributed by atoms with Gasteiger partial charge in [-0.3, -0.25) is 4.79 Å². The summed E-state index contributed by atoms with van der Waals surface area (Å²) >= 11 is 0. The molecule has 0 bridgehead atoms. The number of anilines is 1. The number of amides is 1. The minimum absolute atomic E-state index is 0.150. The third-order valence-corrected chi connectivity index (χ3v) is 3.86. The number of carbonyl (C=O) groups excluding carboxylic acids is 2. The van der Waals surface area contributed by atoms with Crippen molar-refractivity contribution in [2.45, 2.75) is 19.2 Å². The summed E-state index contributed by atoms with van der Waals surface area (Å²) in [4.78, 5) is 24.4. The normalized spacial score (nSPS) is 12.3. The van der Waals surface area contributed by atoms with Gasteiger partial charge in [-0.25, -0.2) is 9.48 Å². The Hall–Kier alpha value is -3.76. The largest absolute Gasteiger partial charge is 0.449 e. The molecule has 0 aliphatic heterocycles. The van der Waals surface area contributed by atoms with E-state index in [9.17, 15) is 22.8 Å². The van der Waals surface area contributed by atoms with Gasteiger partial charge in [0.2, 0.25) is 0 Å². The van der Waals surface area contributed by atoms with Gasteiger partial charge < -0.3 is 10.1 Å². The van der Waals surface area contributed by atoms with Crippen molar-refractivity contribution in [2.24, 2.45) is 0 Å². The van der Waals surface area contributed by atoms with E-state index in [4.69, 9.17) is 4.74 Å². The molecule has 0 saturated carbocycles. The van der Waals surface area contributed by atoms with Crippen LogP contribution in [0.4, 0.5) is 18.9 Å². The fourth-order valence-corrected chi connectivity index (χ4v) is 2.39. The minimum Gasteiger partial charge on any atom is -0.449 e. The minimum atomic E-state index is -4.63. The van der Waals surface area contributed by atoms with Crippen molar-refractivity contribution in [1.82, 2.24) is 20.2 Å². The highest BCUT2D eigenvalue weighted by molar-refractivity contribution is 5.97. The van der Waals surface area contributed by atoms with Gasteiger partial charge in [0.1, 0.15) is 6.33 Å². The zero-order valence-corrected chi connectivity index (χ0v) is 14.9. The predicted molar refractivity (Wildman–Crippen MR) is 94.1 cm³/mol. The first-order valence-corrected chi connectivity index (χ1v) is 8.27. The molecule has 2 aromatic carbocycles. The lowest BCUT2D eigenvalue weighted by molar-refractivity contribution is -0.137. The molecule has 1 amide bonds. The van der Waals surface area contributed by atoms with E-state index in [1.54, 1.807) is 12.1 Å². The van der Waals surface area contributed by atoms with E-state index in [1.807, 2.05) is 0 Å². The van der Waals surface area contributed by atoms with Crippen molar-refractivity contribution in [1.29, 1.82) is 0 Å². The highest BCUT2D eigenvalue weighted by atomic mass is 19.4. The Morgan fingerprint density at radius 1 is 1.10 bits per heavy atom. The van der Waals surface area contributed by atoms with Gasteiger partial charge in [0.15, 0.2) is 6.10 Å². The average Bonchev–Trinajstić information content (AvgIpc) is 3.22. The highest BCUT2D eigenvalue weighted by Crippen LogP contribution is 2.34. The Bertz CT molecular complexity index is 1000. The topological polar surface area (TPSA) is 99.0 Å². The second-order valence-electron chi connectivity index (χ2n) is 5.88. The van der Waals surface area contributed by atoms with Gasteiger partial charge in [0, 0.05) is 0 Å². The summed E-state index contributed by atoms with van der Waals surface area (Å²) in [5.74, 6) is -1.69. The number of esters is 1. The van der Waals surface area contributed by atoms with Crippen LogP contribution in [0.3, 0.4) is 0 Å². The number of benzene rings is 2. The van der Waals surface area contributed by atoms with Crippen LogP contribution in [-0.2, 0) is 15.7 Å². The first-order valence-electron chi connectivity index (χ1n) is 8.27. The maximum atomic E-state index is 13.0. The van der Waals surface area contributed by atoms with E-state index in [2.05, 4.69) is 20.8 Å². The summed E-state index contributed by atoms with van der Waals surface area (Å²) in [6.45, 7) is 1.26. The number of hydrogen-bond acceptors (Lipinski definition) is 6. The first kappa shape index (κ1) is 20.0. The quantitative estimate of drug-likeness (QED) is 0.656. The van der Waals surface area contributed by atoms with E-state index < -0.39 is 35.4 Å². The first-order chi connectivity index (χ1) is 13.8. The molecule has 0 unspecified atom stereocenters. The second kappa shape index (κ2) is 8.09. The maximum Gasteiger partial charge on any atom is 0.418 e. The van der Waals surface area contributed by atoms with E-state index in [0.717, 1.165) is 12.1 Å². The lowest BCUT2D eigenvalue weighted by Crippen LogP contribution is -2.30. The van der Waals surface area contributed by atoms with Crippen molar-refractivity contribution in [3.63, 3.8) is 0 Å². The van der Waals surface area contributed by atoms with Crippen molar-refractivity contribution in [3.8, 4) is 5.69 Å². The average molecular weight is 405 g/mol. The van der Waals surface area contributed by atoms with Crippen LogP contribution in [0.15, 0.2) is 54.9 Å². The number of tetrazole rings is 1. The Balaban J connectivity index is 1.65. The smallest absolute Gasteiger partial charge is 0.418 e. The third kappa shape index (κ3) is 4.75. The van der Waals surface area contributed by atoms with E-state index in [-0.39, 0.29) is 5.56 Å². The number of nitrogens with one attached hydrogen (secondary N) is 1. The number of rotatable bonds is 5. The lowest BCUT2D eigenvalue weighted by atomic mass is 10.1. The Kier molecular flexibility index (Phi) is 5.57. The number of hydrogen-bond donors (Lipinski definition) is 1. The lowest BCUT2D eigenvalue weighted by Gasteiger charge is -2.17. The van der Waals surface area contributed by atoms with Gasteiger partial charge in [0.05, 0.1) is 22.5 Å². The van der Waals surface area contributed by atoms with E-state index in [1.165, 1.54) is 42.2 Å². The number of alkyl halides is 3. The Labute approximate surface area is 162 Å². The van der Waals surface area contributed by atoms with Crippen LogP contribution in [0, 0.1) is 0 Å². The molecule has 1 atom stereocenters. The molecule has 8 nitrogen and oxygen atoms in total. The molecule has 0 fully saturated rings. The molecule has 11 heteroatoms. The molecule has 29 heavy (non-hydrogen) atoms. The van der Waals surface area contributed by atoms with Crippen LogP contribution >= 0.6 is 0 Å². The van der Waals surface area contributed by atoms with Crippen LogP contribution < -0.4 is 5.32 Å². The van der Waals surface area contributed by atoms with Gasteiger partial charge in [-0.15, -0.1) is 5.10 Å².